The molecule has 2 unspecified atom stereocenters. The summed E-state index contributed by atoms with van der Waals surface area (Å²) >= 11 is 0. The Morgan fingerprint density at radius 3 is 2.04 bits per heavy atom. The van der Waals surface area contributed by atoms with Gasteiger partial charge >= 0.3 is 6.03 Å². The van der Waals surface area contributed by atoms with Crippen LogP contribution in [0.3, 0.4) is 0 Å². The molecular weight excluding hydrogens is 328 g/mol. The van der Waals surface area contributed by atoms with E-state index in [0.29, 0.717) is 11.5 Å². The van der Waals surface area contributed by atoms with E-state index in [2.05, 4.69) is 10.6 Å². The number of methoxy groups -OCH3 is 1. The molecule has 5 nitrogen and oxygen atoms in total. The minimum absolute atomic E-state index is 0.0653. The molecule has 0 fully saturated rings. The minimum atomic E-state index is -0.213. The van der Waals surface area contributed by atoms with Gasteiger partial charge in [-0.15, -0.1) is 0 Å². The standard InChI is InChI=1S/C21H28N2O3/c1-14(2)26-19-12-11-18(13-20(19)25-5)16(4)23-21(24)22-15(3)17-9-7-6-8-10-17/h6-16H,1-5H3,(H2,22,23,24). The van der Waals surface area contributed by atoms with E-state index in [1.165, 1.54) is 0 Å². The van der Waals surface area contributed by atoms with Gasteiger partial charge in [-0.05, 0) is 51.0 Å². The molecule has 0 aliphatic heterocycles. The number of urea groups is 1. The third kappa shape index (κ3) is 5.41. The lowest BCUT2D eigenvalue weighted by atomic mass is 10.1. The first kappa shape index (κ1) is 19.6. The molecule has 0 bridgehead atoms. The van der Waals surface area contributed by atoms with Gasteiger partial charge in [-0.2, -0.15) is 0 Å². The van der Waals surface area contributed by atoms with Crippen LogP contribution in [-0.4, -0.2) is 19.2 Å². The van der Waals surface area contributed by atoms with Crippen molar-refractivity contribution in [1.82, 2.24) is 10.6 Å². The third-order valence-electron chi connectivity index (χ3n) is 4.05. The molecule has 2 aromatic rings. The van der Waals surface area contributed by atoms with Crippen LogP contribution in [-0.2, 0) is 0 Å². The second-order valence-corrected chi connectivity index (χ2v) is 6.55. The maximum Gasteiger partial charge on any atom is 0.315 e. The Morgan fingerprint density at radius 2 is 1.46 bits per heavy atom. The summed E-state index contributed by atoms with van der Waals surface area (Å²) < 4.78 is 11.1. The van der Waals surface area contributed by atoms with Crippen LogP contribution in [0.4, 0.5) is 4.79 Å². The van der Waals surface area contributed by atoms with E-state index in [0.717, 1.165) is 11.1 Å². The number of hydrogen-bond donors (Lipinski definition) is 2. The molecule has 0 spiro atoms. The molecule has 0 heterocycles. The van der Waals surface area contributed by atoms with Gasteiger partial charge in [0.1, 0.15) is 0 Å². The smallest absolute Gasteiger partial charge is 0.315 e. The van der Waals surface area contributed by atoms with Gasteiger partial charge in [0.15, 0.2) is 11.5 Å². The summed E-state index contributed by atoms with van der Waals surface area (Å²) in [6.45, 7) is 7.83. The van der Waals surface area contributed by atoms with Crippen molar-refractivity contribution in [2.75, 3.05) is 7.11 Å². The van der Waals surface area contributed by atoms with Gasteiger partial charge in [-0.1, -0.05) is 36.4 Å². The lowest BCUT2D eigenvalue weighted by molar-refractivity contribution is 0.229. The minimum Gasteiger partial charge on any atom is -0.493 e. The summed E-state index contributed by atoms with van der Waals surface area (Å²) in [4.78, 5) is 12.3. The van der Waals surface area contributed by atoms with E-state index < -0.39 is 0 Å². The number of hydrogen-bond acceptors (Lipinski definition) is 3. The van der Waals surface area contributed by atoms with Crippen LogP contribution in [0.15, 0.2) is 48.5 Å². The van der Waals surface area contributed by atoms with Gasteiger partial charge < -0.3 is 20.1 Å². The lowest BCUT2D eigenvalue weighted by Gasteiger charge is -2.20. The Kier molecular flexibility index (Phi) is 6.89. The highest BCUT2D eigenvalue weighted by Gasteiger charge is 2.15. The molecular formula is C21H28N2O3. The SMILES string of the molecule is COc1cc(C(C)NC(=O)NC(C)c2ccccc2)ccc1OC(C)C. The van der Waals surface area contributed by atoms with Crippen LogP contribution in [0.25, 0.3) is 0 Å². The Balaban J connectivity index is 2.00. The summed E-state index contributed by atoms with van der Waals surface area (Å²) in [7, 11) is 1.61. The molecule has 0 saturated heterocycles. The summed E-state index contributed by atoms with van der Waals surface area (Å²) in [6, 6.07) is 15.1. The van der Waals surface area contributed by atoms with Gasteiger partial charge in [0.05, 0.1) is 25.3 Å². The number of amides is 2. The predicted octanol–water partition coefficient (Wildman–Crippen LogP) is 4.60. The zero-order valence-corrected chi connectivity index (χ0v) is 16.1. The zero-order valence-electron chi connectivity index (χ0n) is 16.1. The van der Waals surface area contributed by atoms with Crippen molar-refractivity contribution < 1.29 is 14.3 Å². The first-order valence-corrected chi connectivity index (χ1v) is 8.87. The molecule has 5 heteroatoms. The third-order valence-corrected chi connectivity index (χ3v) is 4.05. The molecule has 140 valence electrons. The Hall–Kier alpha value is -2.69. The Morgan fingerprint density at radius 1 is 0.846 bits per heavy atom. The van der Waals surface area contributed by atoms with E-state index >= 15 is 0 Å². The molecule has 2 rings (SSSR count). The quantitative estimate of drug-likeness (QED) is 0.762. The van der Waals surface area contributed by atoms with Gasteiger partial charge in [0, 0.05) is 0 Å². The van der Waals surface area contributed by atoms with Crippen molar-refractivity contribution in [3.8, 4) is 11.5 Å². The second-order valence-electron chi connectivity index (χ2n) is 6.55. The van der Waals surface area contributed by atoms with Crippen molar-refractivity contribution in [3.63, 3.8) is 0 Å². The van der Waals surface area contributed by atoms with E-state index in [-0.39, 0.29) is 24.2 Å². The highest BCUT2D eigenvalue weighted by molar-refractivity contribution is 5.75. The summed E-state index contributed by atoms with van der Waals surface area (Å²) in [5.41, 5.74) is 2.01. The Bertz CT molecular complexity index is 716. The number of benzene rings is 2. The van der Waals surface area contributed by atoms with E-state index in [1.807, 2.05) is 76.2 Å². The summed E-state index contributed by atoms with van der Waals surface area (Å²) in [5, 5.41) is 5.92. The maximum atomic E-state index is 12.3. The van der Waals surface area contributed by atoms with Crippen LogP contribution in [0.5, 0.6) is 11.5 Å². The molecule has 0 aliphatic rings. The van der Waals surface area contributed by atoms with Gasteiger partial charge in [0.25, 0.3) is 0 Å². The number of ether oxygens (including phenoxy) is 2. The van der Waals surface area contributed by atoms with Crippen molar-refractivity contribution >= 4 is 6.03 Å². The summed E-state index contributed by atoms with van der Waals surface area (Å²) in [6.07, 6.45) is 0.0653. The number of carbonyl (C=O) groups is 1. The largest absolute Gasteiger partial charge is 0.493 e. The predicted molar refractivity (Wildman–Crippen MR) is 104 cm³/mol. The average Bonchev–Trinajstić information content (AvgIpc) is 2.62. The first-order chi connectivity index (χ1) is 12.4. The van der Waals surface area contributed by atoms with E-state index in [1.54, 1.807) is 7.11 Å². The molecule has 2 amide bonds. The molecule has 2 N–H and O–H groups in total. The monoisotopic (exact) mass is 356 g/mol. The Labute approximate surface area is 155 Å². The van der Waals surface area contributed by atoms with Crippen LogP contribution >= 0.6 is 0 Å². The molecule has 0 aliphatic carbocycles. The van der Waals surface area contributed by atoms with Crippen molar-refractivity contribution in [2.24, 2.45) is 0 Å². The zero-order chi connectivity index (χ0) is 19.1. The van der Waals surface area contributed by atoms with E-state index in [4.69, 9.17) is 9.47 Å². The maximum absolute atomic E-state index is 12.3. The second kappa shape index (κ2) is 9.13. The number of rotatable bonds is 7. The highest BCUT2D eigenvalue weighted by Crippen LogP contribution is 2.31. The molecule has 2 aromatic carbocycles. The van der Waals surface area contributed by atoms with Crippen LogP contribution in [0, 0.1) is 0 Å². The molecule has 0 radical (unpaired) electrons. The normalized spacial score (nSPS) is 13.0. The van der Waals surface area contributed by atoms with E-state index in [9.17, 15) is 4.79 Å². The van der Waals surface area contributed by atoms with Gasteiger partial charge in [-0.3, -0.25) is 0 Å². The fourth-order valence-corrected chi connectivity index (χ4v) is 2.65. The molecule has 0 saturated carbocycles. The number of nitrogens with one attached hydrogen (secondary N) is 2. The van der Waals surface area contributed by atoms with Crippen molar-refractivity contribution in [3.05, 3.63) is 59.7 Å². The fraction of sp³-hybridized carbons (Fsp3) is 0.381. The molecule has 0 aromatic heterocycles. The van der Waals surface area contributed by atoms with Gasteiger partial charge in [0.2, 0.25) is 0 Å². The van der Waals surface area contributed by atoms with Crippen LogP contribution in [0.2, 0.25) is 0 Å². The topological polar surface area (TPSA) is 59.6 Å². The first-order valence-electron chi connectivity index (χ1n) is 8.87. The molecule has 2 atom stereocenters. The fourth-order valence-electron chi connectivity index (χ4n) is 2.65. The summed E-state index contributed by atoms with van der Waals surface area (Å²) in [5.74, 6) is 1.35. The van der Waals surface area contributed by atoms with Crippen molar-refractivity contribution in [2.45, 2.75) is 45.9 Å². The van der Waals surface area contributed by atoms with Crippen LogP contribution < -0.4 is 20.1 Å². The average molecular weight is 356 g/mol. The van der Waals surface area contributed by atoms with Crippen molar-refractivity contribution in [1.29, 1.82) is 0 Å². The molecule has 26 heavy (non-hydrogen) atoms. The van der Waals surface area contributed by atoms with Gasteiger partial charge in [-0.25, -0.2) is 4.79 Å². The van der Waals surface area contributed by atoms with Crippen LogP contribution in [0.1, 0.15) is 50.9 Å². The highest BCUT2D eigenvalue weighted by atomic mass is 16.5. The lowest BCUT2D eigenvalue weighted by Crippen LogP contribution is -2.38. The number of carbonyl (C=O) groups excluding carboxylic acids is 1.